The second-order valence-electron chi connectivity index (χ2n) is 4.20. The van der Waals surface area contributed by atoms with E-state index < -0.39 is 4.92 Å². The number of nitro groups is 1. The molecular weight excluding hydrogens is 248 g/mol. The van der Waals surface area contributed by atoms with Crippen molar-refractivity contribution in [1.82, 2.24) is 4.90 Å². The van der Waals surface area contributed by atoms with Gasteiger partial charge >= 0.3 is 0 Å². The lowest BCUT2D eigenvalue weighted by atomic mass is 10.1. The second-order valence-corrected chi connectivity index (χ2v) is 4.20. The number of hydrogen-bond donors (Lipinski definition) is 1. The van der Waals surface area contributed by atoms with Crippen LogP contribution in [0.3, 0.4) is 0 Å². The summed E-state index contributed by atoms with van der Waals surface area (Å²) < 4.78 is 0. The molecule has 6 heteroatoms. The fourth-order valence-corrected chi connectivity index (χ4v) is 1.77. The molecule has 0 aromatic heterocycles. The van der Waals surface area contributed by atoms with Gasteiger partial charge in [0.2, 0.25) is 5.91 Å². The summed E-state index contributed by atoms with van der Waals surface area (Å²) in [4.78, 5) is 23.6. The van der Waals surface area contributed by atoms with Crippen molar-refractivity contribution in [2.45, 2.75) is 19.8 Å². The maximum absolute atomic E-state index is 12.0. The van der Waals surface area contributed by atoms with Gasteiger partial charge in [-0.15, -0.1) is 0 Å². The van der Waals surface area contributed by atoms with Crippen molar-refractivity contribution in [1.29, 1.82) is 0 Å². The lowest BCUT2D eigenvalue weighted by Gasteiger charge is -2.21. The average molecular weight is 266 g/mol. The fourth-order valence-electron chi connectivity index (χ4n) is 1.77. The van der Waals surface area contributed by atoms with Crippen LogP contribution in [0, 0.1) is 10.1 Å². The van der Waals surface area contributed by atoms with Crippen LogP contribution in [0.2, 0.25) is 0 Å². The predicted octanol–water partition coefficient (Wildman–Crippen LogP) is 1.37. The van der Waals surface area contributed by atoms with Crippen molar-refractivity contribution in [2.24, 2.45) is 0 Å². The number of aliphatic hydroxyl groups excluding tert-OH is 1. The molecule has 19 heavy (non-hydrogen) atoms. The normalized spacial score (nSPS) is 10.2. The van der Waals surface area contributed by atoms with E-state index in [4.69, 9.17) is 5.11 Å². The third kappa shape index (κ3) is 4.67. The molecule has 0 aliphatic carbocycles. The Bertz CT molecular complexity index is 425. The van der Waals surface area contributed by atoms with E-state index in [2.05, 4.69) is 0 Å². The number of rotatable bonds is 7. The van der Waals surface area contributed by atoms with Crippen LogP contribution < -0.4 is 0 Å². The summed E-state index contributed by atoms with van der Waals surface area (Å²) in [7, 11) is 0. The zero-order chi connectivity index (χ0) is 14.3. The quantitative estimate of drug-likeness (QED) is 0.596. The highest BCUT2D eigenvalue weighted by Crippen LogP contribution is 2.13. The minimum absolute atomic E-state index is 0.0111. The molecule has 1 amide bonds. The molecule has 1 aromatic carbocycles. The summed E-state index contributed by atoms with van der Waals surface area (Å²) in [6.07, 6.45) is 1.02. The standard InChI is InChI=1S/C13H18N2O4/c1-2-7-14(8-9-16)13(17)10-11-3-5-12(6-4-11)15(18)19/h3-6,16H,2,7-10H2,1H3. The van der Waals surface area contributed by atoms with Crippen LogP contribution in [-0.4, -0.2) is 40.5 Å². The Balaban J connectivity index is 2.66. The van der Waals surface area contributed by atoms with Crippen LogP contribution in [0.5, 0.6) is 0 Å². The van der Waals surface area contributed by atoms with E-state index >= 15 is 0 Å². The molecule has 0 radical (unpaired) electrons. The Labute approximate surface area is 111 Å². The van der Waals surface area contributed by atoms with Crippen molar-refractivity contribution in [2.75, 3.05) is 19.7 Å². The number of carbonyl (C=O) groups excluding carboxylic acids is 1. The van der Waals surface area contributed by atoms with E-state index in [1.165, 1.54) is 12.1 Å². The first kappa shape index (κ1) is 15.1. The van der Waals surface area contributed by atoms with Gasteiger partial charge in [-0.2, -0.15) is 0 Å². The second kappa shape index (κ2) is 7.48. The Hall–Kier alpha value is -1.95. The summed E-state index contributed by atoms with van der Waals surface area (Å²) in [5, 5.41) is 19.4. The first-order valence-corrected chi connectivity index (χ1v) is 6.20. The van der Waals surface area contributed by atoms with Crippen molar-refractivity contribution < 1.29 is 14.8 Å². The van der Waals surface area contributed by atoms with Gasteiger partial charge in [-0.25, -0.2) is 0 Å². The number of nitrogens with zero attached hydrogens (tertiary/aromatic N) is 2. The van der Waals surface area contributed by atoms with E-state index in [-0.39, 0.29) is 24.6 Å². The first-order valence-electron chi connectivity index (χ1n) is 6.20. The Morgan fingerprint density at radius 2 is 1.95 bits per heavy atom. The van der Waals surface area contributed by atoms with Gasteiger partial charge in [0.25, 0.3) is 5.69 Å². The molecule has 0 aliphatic rings. The lowest BCUT2D eigenvalue weighted by molar-refractivity contribution is -0.384. The summed E-state index contributed by atoms with van der Waals surface area (Å²) in [6.45, 7) is 2.82. The Morgan fingerprint density at radius 1 is 1.32 bits per heavy atom. The SMILES string of the molecule is CCCN(CCO)C(=O)Cc1ccc([N+](=O)[O-])cc1. The summed E-state index contributed by atoms with van der Waals surface area (Å²) in [6, 6.07) is 5.94. The van der Waals surface area contributed by atoms with Gasteiger partial charge in [-0.3, -0.25) is 14.9 Å². The number of carbonyl (C=O) groups is 1. The van der Waals surface area contributed by atoms with Gasteiger partial charge in [0, 0.05) is 25.2 Å². The molecule has 1 aromatic rings. The van der Waals surface area contributed by atoms with Crippen molar-refractivity contribution in [3.05, 3.63) is 39.9 Å². The highest BCUT2D eigenvalue weighted by molar-refractivity contribution is 5.78. The Morgan fingerprint density at radius 3 is 2.42 bits per heavy atom. The molecule has 0 heterocycles. The first-order chi connectivity index (χ1) is 9.08. The average Bonchev–Trinajstić information content (AvgIpc) is 2.39. The number of aliphatic hydroxyl groups is 1. The van der Waals surface area contributed by atoms with Crippen molar-refractivity contribution in [3.63, 3.8) is 0 Å². The van der Waals surface area contributed by atoms with Gasteiger partial charge in [-0.05, 0) is 12.0 Å². The van der Waals surface area contributed by atoms with Gasteiger partial charge in [0.05, 0.1) is 18.0 Å². The lowest BCUT2D eigenvalue weighted by Crippen LogP contribution is -2.35. The maximum atomic E-state index is 12.0. The largest absolute Gasteiger partial charge is 0.395 e. The molecular formula is C13H18N2O4. The highest BCUT2D eigenvalue weighted by atomic mass is 16.6. The van der Waals surface area contributed by atoms with Crippen LogP contribution in [0.1, 0.15) is 18.9 Å². The van der Waals surface area contributed by atoms with Crippen LogP contribution in [0.15, 0.2) is 24.3 Å². The molecule has 104 valence electrons. The predicted molar refractivity (Wildman–Crippen MR) is 70.8 cm³/mol. The number of non-ortho nitro benzene ring substituents is 1. The number of hydrogen-bond acceptors (Lipinski definition) is 4. The number of benzene rings is 1. The minimum atomic E-state index is -0.471. The molecule has 0 fully saturated rings. The smallest absolute Gasteiger partial charge is 0.269 e. The van der Waals surface area contributed by atoms with Crippen LogP contribution >= 0.6 is 0 Å². The highest BCUT2D eigenvalue weighted by Gasteiger charge is 2.13. The molecule has 0 aliphatic heterocycles. The molecule has 1 N–H and O–H groups in total. The Kier molecular flexibility index (Phi) is 5.95. The minimum Gasteiger partial charge on any atom is -0.395 e. The molecule has 1 rings (SSSR count). The van der Waals surface area contributed by atoms with Crippen LogP contribution in [0.4, 0.5) is 5.69 Å². The topological polar surface area (TPSA) is 83.7 Å². The number of amides is 1. The van der Waals surface area contributed by atoms with Gasteiger partial charge in [0.15, 0.2) is 0 Å². The molecule has 0 unspecified atom stereocenters. The zero-order valence-electron chi connectivity index (χ0n) is 10.9. The van der Waals surface area contributed by atoms with Crippen molar-refractivity contribution >= 4 is 11.6 Å². The molecule has 0 bridgehead atoms. The molecule has 0 saturated carbocycles. The third-order valence-corrected chi connectivity index (χ3v) is 2.72. The van der Waals surface area contributed by atoms with E-state index in [1.807, 2.05) is 6.92 Å². The monoisotopic (exact) mass is 266 g/mol. The van der Waals surface area contributed by atoms with E-state index in [0.717, 1.165) is 12.0 Å². The third-order valence-electron chi connectivity index (χ3n) is 2.72. The van der Waals surface area contributed by atoms with Gasteiger partial charge in [0.1, 0.15) is 0 Å². The zero-order valence-corrected chi connectivity index (χ0v) is 10.9. The van der Waals surface area contributed by atoms with E-state index in [1.54, 1.807) is 17.0 Å². The maximum Gasteiger partial charge on any atom is 0.269 e. The summed E-state index contributed by atoms with van der Waals surface area (Å²) in [5.74, 6) is -0.0789. The van der Waals surface area contributed by atoms with Gasteiger partial charge in [-0.1, -0.05) is 19.1 Å². The van der Waals surface area contributed by atoms with Crippen molar-refractivity contribution in [3.8, 4) is 0 Å². The molecule has 0 spiro atoms. The molecule has 6 nitrogen and oxygen atoms in total. The molecule has 0 atom stereocenters. The fraction of sp³-hybridized carbons (Fsp3) is 0.462. The van der Waals surface area contributed by atoms with Gasteiger partial charge < -0.3 is 10.0 Å². The summed E-state index contributed by atoms with van der Waals surface area (Å²) >= 11 is 0. The van der Waals surface area contributed by atoms with Crippen LogP contribution in [0.25, 0.3) is 0 Å². The summed E-state index contributed by atoms with van der Waals surface area (Å²) in [5.41, 5.74) is 0.742. The molecule has 0 saturated heterocycles. The number of nitro benzene ring substituents is 1. The van der Waals surface area contributed by atoms with E-state index in [0.29, 0.717) is 13.1 Å². The van der Waals surface area contributed by atoms with E-state index in [9.17, 15) is 14.9 Å². The van der Waals surface area contributed by atoms with Crippen LogP contribution in [-0.2, 0) is 11.2 Å².